The van der Waals surface area contributed by atoms with Crippen LogP contribution >= 0.6 is 0 Å². The third kappa shape index (κ3) is 3.26. The highest BCUT2D eigenvalue weighted by Crippen LogP contribution is 2.53. The van der Waals surface area contributed by atoms with E-state index in [1.54, 1.807) is 20.1 Å². The molecule has 2 aromatic rings. The number of benzene rings is 1. The number of rotatable bonds is 6. The summed E-state index contributed by atoms with van der Waals surface area (Å²) in [5.41, 5.74) is 3.18. The molecule has 2 heterocycles. The number of imidazole rings is 1. The Morgan fingerprint density at radius 1 is 1.28 bits per heavy atom. The predicted octanol–water partition coefficient (Wildman–Crippen LogP) is 5.53. The Bertz CT molecular complexity index is 975. The summed E-state index contributed by atoms with van der Waals surface area (Å²) in [4.78, 5) is 3.83. The molecule has 2 atom stereocenters. The fourth-order valence-corrected chi connectivity index (χ4v) is 4.71. The first-order valence-electron chi connectivity index (χ1n) is 10.1. The molecule has 1 unspecified atom stereocenters. The van der Waals surface area contributed by atoms with Crippen LogP contribution in [-0.2, 0) is 22.9 Å². The lowest BCUT2D eigenvalue weighted by Gasteiger charge is -2.47. The Labute approximate surface area is 173 Å². The van der Waals surface area contributed by atoms with Crippen LogP contribution in [0.15, 0.2) is 54.1 Å². The van der Waals surface area contributed by atoms with Gasteiger partial charge in [0.1, 0.15) is 29.4 Å². The molecule has 0 aliphatic carbocycles. The molecule has 0 N–H and O–H groups in total. The van der Waals surface area contributed by atoms with Crippen LogP contribution in [0.3, 0.4) is 0 Å². The van der Waals surface area contributed by atoms with Crippen molar-refractivity contribution in [3.05, 3.63) is 59.6 Å². The highest BCUT2D eigenvalue weighted by Gasteiger charge is 2.55. The van der Waals surface area contributed by atoms with E-state index < -0.39 is 0 Å². The first-order valence-corrected chi connectivity index (χ1v) is 10.1. The molecule has 5 heteroatoms. The molecule has 0 fully saturated rings. The van der Waals surface area contributed by atoms with Crippen LogP contribution < -0.4 is 9.30 Å². The van der Waals surface area contributed by atoms with E-state index in [1.807, 2.05) is 13.0 Å². The molecule has 0 bridgehead atoms. The van der Waals surface area contributed by atoms with Crippen LogP contribution in [0.25, 0.3) is 11.4 Å². The molecule has 0 saturated carbocycles. The average Bonchev–Trinajstić information content (AvgIpc) is 3.12. The minimum absolute atomic E-state index is 0.123. The van der Waals surface area contributed by atoms with Gasteiger partial charge in [0.25, 0.3) is 5.82 Å². The molecule has 3 rings (SSSR count). The van der Waals surface area contributed by atoms with Gasteiger partial charge in [-0.05, 0) is 57.0 Å². The van der Waals surface area contributed by atoms with Gasteiger partial charge in [-0.3, -0.25) is 4.94 Å². The molecule has 0 amide bonds. The van der Waals surface area contributed by atoms with E-state index in [4.69, 9.17) is 4.74 Å². The molecule has 0 spiro atoms. The summed E-state index contributed by atoms with van der Waals surface area (Å²) < 4.78 is 22.6. The van der Waals surface area contributed by atoms with E-state index >= 15 is 0 Å². The van der Waals surface area contributed by atoms with Gasteiger partial charge in [-0.2, -0.15) is 0 Å². The third-order valence-corrected chi connectivity index (χ3v) is 6.87. The van der Waals surface area contributed by atoms with Gasteiger partial charge in [-0.25, -0.2) is 9.13 Å². The monoisotopic (exact) mass is 399 g/mol. The molecule has 1 aliphatic rings. The Hall–Kier alpha value is -2.56. The van der Waals surface area contributed by atoms with Gasteiger partial charge in [0.15, 0.2) is 0 Å². The van der Waals surface area contributed by atoms with Crippen molar-refractivity contribution in [3.63, 3.8) is 0 Å². The van der Waals surface area contributed by atoms with E-state index in [0.717, 1.165) is 24.2 Å². The lowest BCUT2D eigenvalue weighted by molar-refractivity contribution is -0.660. The van der Waals surface area contributed by atoms with E-state index in [-0.39, 0.29) is 16.7 Å². The van der Waals surface area contributed by atoms with Crippen LogP contribution in [0.1, 0.15) is 53.0 Å². The molecule has 1 aliphatic heterocycles. The number of aryl methyl sites for hydroxylation is 1. The minimum Gasteiger partial charge on any atom is -0.497 e. The predicted molar refractivity (Wildman–Crippen MR) is 113 cm³/mol. The summed E-state index contributed by atoms with van der Waals surface area (Å²) in [6.45, 7) is 10.5. The van der Waals surface area contributed by atoms with Crippen molar-refractivity contribution in [1.82, 2.24) is 4.57 Å². The van der Waals surface area contributed by atoms with E-state index in [2.05, 4.69) is 72.5 Å². The molecule has 0 radical (unpaired) electrons. The number of aromatic nitrogens is 2. The van der Waals surface area contributed by atoms with Crippen LogP contribution in [0.4, 0.5) is 4.53 Å². The second kappa shape index (κ2) is 7.69. The van der Waals surface area contributed by atoms with Gasteiger partial charge >= 0.3 is 0 Å². The number of hydrogen-bond donors (Lipinski definition) is 0. The number of methoxy groups -OCH3 is 1. The van der Waals surface area contributed by atoms with Crippen molar-refractivity contribution in [2.24, 2.45) is 7.05 Å². The fraction of sp³-hybridized carbons (Fsp3) is 0.458. The van der Waals surface area contributed by atoms with Crippen molar-refractivity contribution in [2.45, 2.75) is 58.4 Å². The topological polar surface area (TPSA) is 27.3 Å². The number of fused-ring (bicyclic) bond motifs is 3. The quantitative estimate of drug-likeness (QED) is 0.363. The summed E-state index contributed by atoms with van der Waals surface area (Å²) in [6, 6.07) is 6.38. The van der Waals surface area contributed by atoms with Gasteiger partial charge in [-0.1, -0.05) is 25.5 Å². The van der Waals surface area contributed by atoms with Crippen LogP contribution in [0, 0.1) is 0 Å². The second-order valence-corrected chi connectivity index (χ2v) is 8.46. The summed E-state index contributed by atoms with van der Waals surface area (Å²) in [7, 11) is 3.80. The number of hydrogen-bond acceptors (Lipinski definition) is 2. The maximum Gasteiger partial charge on any atom is 0.289 e. The van der Waals surface area contributed by atoms with Crippen LogP contribution in [-0.4, -0.2) is 11.7 Å². The molecule has 1 aromatic heterocycles. The van der Waals surface area contributed by atoms with Crippen molar-refractivity contribution < 1.29 is 18.8 Å². The van der Waals surface area contributed by atoms with Gasteiger partial charge < -0.3 is 4.74 Å². The molecule has 0 saturated heterocycles. The maximum absolute atomic E-state index is 12.4. The van der Waals surface area contributed by atoms with Crippen LogP contribution in [0.2, 0.25) is 0 Å². The Morgan fingerprint density at radius 3 is 2.62 bits per heavy atom. The summed E-state index contributed by atoms with van der Waals surface area (Å²) in [5.74, 6) is 2.31. The number of nitrogens with zero attached hydrogens (tertiary/aromatic N) is 2. The first-order chi connectivity index (χ1) is 13.7. The van der Waals surface area contributed by atoms with Gasteiger partial charge in [0.05, 0.1) is 19.7 Å². The highest BCUT2D eigenvalue weighted by molar-refractivity contribution is 5.66. The Balaban J connectivity index is 2.21. The van der Waals surface area contributed by atoms with E-state index in [1.165, 1.54) is 17.0 Å². The standard InChI is InChI=1S/C24H32FN2O2/c1-8-23(4)21-16-19(28-7)9-10-20(21)22-26(6)13-14-27(22)24(23,5)12-11-17(2)15-18(3)29-25/h9-11,13-16H,8,12H2,1-7H3/q+1/b17-11-,18-15-/t23?,24-/m0/s1. The number of ether oxygens (including phenoxy) is 1. The summed E-state index contributed by atoms with van der Waals surface area (Å²) >= 11 is 0. The molecule has 29 heavy (non-hydrogen) atoms. The zero-order valence-corrected chi connectivity index (χ0v) is 18.5. The Morgan fingerprint density at radius 2 is 2.00 bits per heavy atom. The third-order valence-electron chi connectivity index (χ3n) is 6.87. The highest BCUT2D eigenvalue weighted by atomic mass is 19.3. The largest absolute Gasteiger partial charge is 0.497 e. The average molecular weight is 400 g/mol. The molecule has 4 nitrogen and oxygen atoms in total. The molecule has 1 aromatic carbocycles. The minimum atomic E-state index is -0.211. The van der Waals surface area contributed by atoms with Crippen molar-refractivity contribution >= 4 is 0 Å². The van der Waals surface area contributed by atoms with Crippen molar-refractivity contribution in [1.29, 1.82) is 0 Å². The SMILES string of the molecule is CCC1(C)c2cc(OC)ccc2-c2n(cc[n+]2C)[C@@]1(C)C/C=C(C)\C=C(\C)OF. The van der Waals surface area contributed by atoms with Crippen molar-refractivity contribution in [3.8, 4) is 17.1 Å². The van der Waals surface area contributed by atoms with E-state index in [9.17, 15) is 4.53 Å². The fourth-order valence-electron chi connectivity index (χ4n) is 4.71. The summed E-state index contributed by atoms with van der Waals surface area (Å²) in [5, 5.41) is 0. The lowest BCUT2D eigenvalue weighted by atomic mass is 9.61. The molecular formula is C24H32FN2O2+. The zero-order valence-electron chi connectivity index (χ0n) is 18.5. The first kappa shape index (κ1) is 21.2. The van der Waals surface area contributed by atoms with Gasteiger partial charge in [0, 0.05) is 16.4 Å². The Kier molecular flexibility index (Phi) is 5.61. The van der Waals surface area contributed by atoms with E-state index in [0.29, 0.717) is 0 Å². The molecule has 156 valence electrons. The normalized spacial score (nSPS) is 24.1. The van der Waals surface area contributed by atoms with Crippen molar-refractivity contribution in [2.75, 3.05) is 7.11 Å². The second-order valence-electron chi connectivity index (χ2n) is 8.46. The molecular weight excluding hydrogens is 367 g/mol. The number of halogens is 1. The smallest absolute Gasteiger partial charge is 0.289 e. The van der Waals surface area contributed by atoms with Crippen LogP contribution in [0.5, 0.6) is 5.75 Å². The van der Waals surface area contributed by atoms with Gasteiger partial charge in [0.2, 0.25) is 0 Å². The summed E-state index contributed by atoms with van der Waals surface area (Å²) in [6.07, 6.45) is 9.96. The zero-order chi connectivity index (χ0) is 21.4. The van der Waals surface area contributed by atoms with Gasteiger partial charge in [-0.15, -0.1) is 0 Å². The number of allylic oxidation sites excluding steroid dienone is 4. The lowest BCUT2D eigenvalue weighted by Crippen LogP contribution is -2.53. The maximum atomic E-state index is 12.4.